The van der Waals surface area contributed by atoms with E-state index in [1.807, 2.05) is 29.7 Å². The molecule has 0 atom stereocenters. The van der Waals surface area contributed by atoms with Crippen LogP contribution in [0.25, 0.3) is 12.2 Å². The summed E-state index contributed by atoms with van der Waals surface area (Å²) in [6.45, 7) is 0. The monoisotopic (exact) mass is 189 g/mol. The van der Waals surface area contributed by atoms with Crippen molar-refractivity contribution in [1.29, 1.82) is 0 Å². The molecule has 4 heteroatoms. The molecule has 2 aromatic heterocycles. The zero-order valence-corrected chi connectivity index (χ0v) is 7.61. The maximum Gasteiger partial charge on any atom is 0.155 e. The molecular formula is C9H7N3S. The quantitative estimate of drug-likeness (QED) is 0.726. The van der Waals surface area contributed by atoms with Crippen LogP contribution in [0.4, 0.5) is 0 Å². The van der Waals surface area contributed by atoms with E-state index in [0.29, 0.717) is 5.82 Å². The van der Waals surface area contributed by atoms with Crippen molar-refractivity contribution in [2.24, 2.45) is 0 Å². The Morgan fingerprint density at radius 3 is 2.69 bits per heavy atom. The summed E-state index contributed by atoms with van der Waals surface area (Å²) in [6.07, 6.45) is 6.83. The highest BCUT2D eigenvalue weighted by Crippen LogP contribution is 2.11. The van der Waals surface area contributed by atoms with Crippen molar-refractivity contribution < 1.29 is 0 Å². The summed E-state index contributed by atoms with van der Waals surface area (Å²) in [5.41, 5.74) is 0. The van der Waals surface area contributed by atoms with Crippen molar-refractivity contribution in [1.82, 2.24) is 15.0 Å². The first-order valence-corrected chi connectivity index (χ1v) is 4.67. The van der Waals surface area contributed by atoms with Crippen LogP contribution in [-0.2, 0) is 0 Å². The van der Waals surface area contributed by atoms with Gasteiger partial charge in [0, 0.05) is 4.88 Å². The maximum atomic E-state index is 3.97. The normalized spacial score (nSPS) is 10.8. The minimum atomic E-state index is 0.684. The van der Waals surface area contributed by atoms with Gasteiger partial charge < -0.3 is 0 Å². The van der Waals surface area contributed by atoms with Crippen LogP contribution in [0.3, 0.4) is 0 Å². The van der Waals surface area contributed by atoms with Crippen LogP contribution in [0.1, 0.15) is 10.7 Å². The first-order chi connectivity index (χ1) is 6.45. The predicted octanol–water partition coefficient (Wildman–Crippen LogP) is 2.10. The zero-order valence-electron chi connectivity index (χ0n) is 6.79. The highest BCUT2D eigenvalue weighted by Gasteiger charge is 1.88. The number of thiophene rings is 1. The van der Waals surface area contributed by atoms with Crippen LogP contribution >= 0.6 is 11.3 Å². The van der Waals surface area contributed by atoms with Gasteiger partial charge in [0.15, 0.2) is 5.82 Å². The fourth-order valence-corrected chi connectivity index (χ4v) is 1.49. The fraction of sp³-hybridized carbons (Fsp3) is 0. The molecule has 2 aromatic rings. The first kappa shape index (κ1) is 8.07. The third kappa shape index (κ3) is 2.19. The van der Waals surface area contributed by atoms with Gasteiger partial charge in [0.05, 0.1) is 0 Å². The molecule has 0 fully saturated rings. The molecule has 0 amide bonds. The number of rotatable bonds is 2. The largest absolute Gasteiger partial charge is 0.225 e. The van der Waals surface area contributed by atoms with Gasteiger partial charge in [0.25, 0.3) is 0 Å². The number of aromatic nitrogens is 3. The van der Waals surface area contributed by atoms with Crippen molar-refractivity contribution in [3.05, 3.63) is 40.9 Å². The molecule has 0 bridgehead atoms. The van der Waals surface area contributed by atoms with E-state index in [2.05, 4.69) is 15.0 Å². The lowest BCUT2D eigenvalue weighted by Crippen LogP contribution is -1.85. The maximum absolute atomic E-state index is 3.97. The lowest BCUT2D eigenvalue weighted by molar-refractivity contribution is 1.03. The van der Waals surface area contributed by atoms with Gasteiger partial charge in [-0.1, -0.05) is 6.07 Å². The summed E-state index contributed by atoms with van der Waals surface area (Å²) in [5, 5.41) is 2.03. The van der Waals surface area contributed by atoms with Gasteiger partial charge in [-0.25, -0.2) is 15.0 Å². The van der Waals surface area contributed by atoms with Crippen LogP contribution in [0, 0.1) is 0 Å². The van der Waals surface area contributed by atoms with Gasteiger partial charge in [0.1, 0.15) is 12.7 Å². The summed E-state index contributed by atoms with van der Waals surface area (Å²) in [5.74, 6) is 0.684. The van der Waals surface area contributed by atoms with Gasteiger partial charge in [-0.3, -0.25) is 0 Å². The van der Waals surface area contributed by atoms with Gasteiger partial charge in [-0.2, -0.15) is 0 Å². The van der Waals surface area contributed by atoms with E-state index in [1.54, 1.807) is 11.3 Å². The Kier molecular flexibility index (Phi) is 2.43. The molecule has 0 saturated heterocycles. The minimum absolute atomic E-state index is 0.684. The summed E-state index contributed by atoms with van der Waals surface area (Å²) in [6, 6.07) is 4.06. The van der Waals surface area contributed by atoms with Crippen LogP contribution in [-0.4, -0.2) is 15.0 Å². The summed E-state index contributed by atoms with van der Waals surface area (Å²) in [4.78, 5) is 12.9. The highest BCUT2D eigenvalue weighted by molar-refractivity contribution is 7.10. The molecule has 64 valence electrons. The van der Waals surface area contributed by atoms with E-state index in [0.717, 1.165) is 0 Å². The van der Waals surface area contributed by atoms with E-state index in [4.69, 9.17) is 0 Å². The third-order valence-electron chi connectivity index (χ3n) is 1.45. The molecule has 0 aromatic carbocycles. The van der Waals surface area contributed by atoms with E-state index in [1.165, 1.54) is 17.5 Å². The summed E-state index contributed by atoms with van der Waals surface area (Å²) < 4.78 is 0. The van der Waals surface area contributed by atoms with Gasteiger partial charge in [0.2, 0.25) is 0 Å². The molecular weight excluding hydrogens is 182 g/mol. The molecule has 0 unspecified atom stereocenters. The molecule has 13 heavy (non-hydrogen) atoms. The Morgan fingerprint density at radius 2 is 2.00 bits per heavy atom. The Morgan fingerprint density at radius 1 is 1.15 bits per heavy atom. The van der Waals surface area contributed by atoms with Crippen LogP contribution in [0.15, 0.2) is 30.2 Å². The third-order valence-corrected chi connectivity index (χ3v) is 2.29. The highest BCUT2D eigenvalue weighted by atomic mass is 32.1. The predicted molar refractivity (Wildman–Crippen MR) is 53.1 cm³/mol. The molecule has 3 nitrogen and oxygen atoms in total. The summed E-state index contributed by atoms with van der Waals surface area (Å²) in [7, 11) is 0. The van der Waals surface area contributed by atoms with Crippen molar-refractivity contribution >= 4 is 23.5 Å². The lowest BCUT2D eigenvalue weighted by atomic mass is 10.4. The minimum Gasteiger partial charge on any atom is -0.225 e. The smallest absolute Gasteiger partial charge is 0.155 e. The van der Waals surface area contributed by atoms with Gasteiger partial charge in [-0.05, 0) is 23.6 Å². The summed E-state index contributed by atoms with van der Waals surface area (Å²) >= 11 is 1.68. The molecule has 2 rings (SSSR count). The van der Waals surface area contributed by atoms with Crippen LogP contribution in [0.2, 0.25) is 0 Å². The van der Waals surface area contributed by atoms with Crippen LogP contribution < -0.4 is 0 Å². The average molecular weight is 189 g/mol. The Bertz CT molecular complexity index is 381. The Hall–Kier alpha value is -1.55. The molecule has 0 aliphatic rings. The first-order valence-electron chi connectivity index (χ1n) is 3.79. The zero-order chi connectivity index (χ0) is 8.93. The standard InChI is InChI=1S/C9H7N3S/c1-2-8(13-5-1)3-4-9-11-6-10-7-12-9/h1-7H/b4-3+. The Balaban J connectivity index is 2.15. The molecule has 0 spiro atoms. The average Bonchev–Trinajstić information content (AvgIpc) is 2.69. The van der Waals surface area contributed by atoms with Crippen LogP contribution in [0.5, 0.6) is 0 Å². The molecule has 2 heterocycles. The fourth-order valence-electron chi connectivity index (χ4n) is 0.877. The van der Waals surface area contributed by atoms with Crippen molar-refractivity contribution in [2.75, 3.05) is 0 Å². The van der Waals surface area contributed by atoms with Gasteiger partial charge in [-0.15, -0.1) is 11.3 Å². The molecule has 0 radical (unpaired) electrons. The van der Waals surface area contributed by atoms with Gasteiger partial charge >= 0.3 is 0 Å². The van der Waals surface area contributed by atoms with Crippen molar-refractivity contribution in [3.8, 4) is 0 Å². The topological polar surface area (TPSA) is 38.7 Å². The van der Waals surface area contributed by atoms with Crippen molar-refractivity contribution in [2.45, 2.75) is 0 Å². The van der Waals surface area contributed by atoms with E-state index in [-0.39, 0.29) is 0 Å². The second-order valence-corrected chi connectivity index (χ2v) is 3.32. The number of hydrogen-bond donors (Lipinski definition) is 0. The number of hydrogen-bond acceptors (Lipinski definition) is 4. The lowest BCUT2D eigenvalue weighted by Gasteiger charge is -1.87. The second kappa shape index (κ2) is 3.91. The number of nitrogens with zero attached hydrogens (tertiary/aromatic N) is 3. The molecule has 0 saturated carbocycles. The van der Waals surface area contributed by atoms with E-state index >= 15 is 0 Å². The Labute approximate surface area is 79.8 Å². The molecule has 0 aliphatic heterocycles. The second-order valence-electron chi connectivity index (χ2n) is 2.35. The van der Waals surface area contributed by atoms with Crippen molar-refractivity contribution in [3.63, 3.8) is 0 Å². The molecule has 0 aliphatic carbocycles. The van der Waals surface area contributed by atoms with E-state index < -0.39 is 0 Å². The SMILES string of the molecule is C(=C\c1cccs1)/c1ncncn1. The van der Waals surface area contributed by atoms with E-state index in [9.17, 15) is 0 Å². The molecule has 0 N–H and O–H groups in total.